The summed E-state index contributed by atoms with van der Waals surface area (Å²) in [6, 6.07) is 17.9. The molecule has 1 N–H and O–H groups in total. The number of aliphatic hydroxyl groups is 1. The van der Waals surface area contributed by atoms with Crippen molar-refractivity contribution in [2.24, 2.45) is 0 Å². The van der Waals surface area contributed by atoms with Crippen molar-refractivity contribution in [3.8, 4) is 11.5 Å². The normalized spacial score (nSPS) is 16.7. The van der Waals surface area contributed by atoms with Crippen molar-refractivity contribution < 1.29 is 24.2 Å². The number of carbonyl (C=O) groups is 2. The number of likely N-dealkylation sites (tertiary alicyclic amines) is 1. The van der Waals surface area contributed by atoms with E-state index in [2.05, 4.69) is 0 Å². The van der Waals surface area contributed by atoms with Gasteiger partial charge in [0.15, 0.2) is 0 Å². The van der Waals surface area contributed by atoms with Crippen LogP contribution in [-0.2, 0) is 16.1 Å². The molecule has 1 aliphatic rings. The van der Waals surface area contributed by atoms with E-state index < -0.39 is 17.7 Å². The van der Waals surface area contributed by atoms with Gasteiger partial charge in [-0.2, -0.15) is 0 Å². The maximum Gasteiger partial charge on any atom is 0.295 e. The van der Waals surface area contributed by atoms with Crippen molar-refractivity contribution >= 4 is 23.1 Å². The molecule has 1 amide bonds. The summed E-state index contributed by atoms with van der Waals surface area (Å²) in [6.45, 7) is 3.85. The summed E-state index contributed by atoms with van der Waals surface area (Å²) in [5.74, 6) is -0.293. The van der Waals surface area contributed by atoms with Crippen LogP contribution in [0.25, 0.3) is 5.76 Å². The van der Waals surface area contributed by atoms with Gasteiger partial charge in [0.2, 0.25) is 0 Å². The Bertz CT molecular complexity index is 1380. The molecule has 7 nitrogen and oxygen atoms in total. The van der Waals surface area contributed by atoms with Crippen LogP contribution >= 0.6 is 0 Å². The monoisotopic (exact) mass is 500 g/mol. The fraction of sp³-hybridized carbons (Fsp3) is 0.267. The van der Waals surface area contributed by atoms with E-state index in [1.807, 2.05) is 87.4 Å². The fourth-order valence-corrected chi connectivity index (χ4v) is 4.77. The molecule has 1 unspecified atom stereocenters. The second kappa shape index (κ2) is 10.4. The molecule has 0 radical (unpaired) electrons. The Morgan fingerprint density at radius 1 is 0.919 bits per heavy atom. The van der Waals surface area contributed by atoms with Crippen molar-refractivity contribution in [3.05, 3.63) is 94.1 Å². The zero-order chi connectivity index (χ0) is 26.9. The van der Waals surface area contributed by atoms with Gasteiger partial charge in [-0.1, -0.05) is 30.3 Å². The van der Waals surface area contributed by atoms with Crippen LogP contribution in [0.3, 0.4) is 0 Å². The molecule has 0 bridgehead atoms. The summed E-state index contributed by atoms with van der Waals surface area (Å²) in [5.41, 5.74) is 4.56. The van der Waals surface area contributed by atoms with Gasteiger partial charge >= 0.3 is 0 Å². The van der Waals surface area contributed by atoms with Gasteiger partial charge in [-0.05, 0) is 60.9 Å². The number of para-hydroxylation sites is 1. The van der Waals surface area contributed by atoms with Gasteiger partial charge in [-0.3, -0.25) is 9.59 Å². The number of ketones is 1. The minimum absolute atomic E-state index is 0.0603. The largest absolute Gasteiger partial charge is 0.507 e. The summed E-state index contributed by atoms with van der Waals surface area (Å²) in [5, 5.41) is 11.5. The van der Waals surface area contributed by atoms with E-state index in [9.17, 15) is 14.7 Å². The van der Waals surface area contributed by atoms with Crippen molar-refractivity contribution in [2.45, 2.75) is 26.4 Å². The Morgan fingerprint density at radius 2 is 1.57 bits per heavy atom. The van der Waals surface area contributed by atoms with Crippen LogP contribution in [0.15, 0.2) is 66.2 Å². The Balaban J connectivity index is 1.90. The topological polar surface area (TPSA) is 79.3 Å². The van der Waals surface area contributed by atoms with Crippen LogP contribution in [-0.4, -0.2) is 50.0 Å². The number of hydrogen-bond acceptors (Lipinski definition) is 6. The molecule has 3 aromatic rings. The lowest BCUT2D eigenvalue weighted by Crippen LogP contribution is -2.29. The van der Waals surface area contributed by atoms with Crippen LogP contribution in [0.4, 0.5) is 5.69 Å². The van der Waals surface area contributed by atoms with E-state index in [1.54, 1.807) is 20.3 Å². The average molecular weight is 501 g/mol. The van der Waals surface area contributed by atoms with Crippen LogP contribution in [0, 0.1) is 13.8 Å². The third kappa shape index (κ3) is 4.77. The van der Waals surface area contributed by atoms with Crippen LogP contribution < -0.4 is 14.4 Å². The zero-order valence-corrected chi connectivity index (χ0v) is 22.0. The number of ether oxygens (including phenoxy) is 2. The van der Waals surface area contributed by atoms with Crippen molar-refractivity contribution in [1.82, 2.24) is 4.90 Å². The highest BCUT2D eigenvalue weighted by molar-refractivity contribution is 6.46. The first-order chi connectivity index (χ1) is 17.7. The van der Waals surface area contributed by atoms with E-state index in [-0.39, 0.29) is 17.9 Å². The van der Waals surface area contributed by atoms with E-state index in [4.69, 9.17) is 9.47 Å². The average Bonchev–Trinajstić information content (AvgIpc) is 3.14. The lowest BCUT2D eigenvalue weighted by molar-refractivity contribution is -0.140. The Morgan fingerprint density at radius 3 is 2.19 bits per heavy atom. The van der Waals surface area contributed by atoms with Gasteiger partial charge in [-0.25, -0.2) is 0 Å². The fourth-order valence-electron chi connectivity index (χ4n) is 4.77. The number of carbonyl (C=O) groups excluding carboxylic acids is 2. The Kier molecular flexibility index (Phi) is 7.25. The number of benzene rings is 3. The number of hydrogen-bond donors (Lipinski definition) is 1. The molecule has 1 heterocycles. The van der Waals surface area contributed by atoms with E-state index in [0.29, 0.717) is 17.1 Å². The molecule has 7 heteroatoms. The number of amides is 1. The van der Waals surface area contributed by atoms with Gasteiger partial charge in [0.1, 0.15) is 17.3 Å². The smallest absolute Gasteiger partial charge is 0.295 e. The van der Waals surface area contributed by atoms with Crippen molar-refractivity contribution in [2.75, 3.05) is 33.2 Å². The molecule has 1 atom stereocenters. The Labute approximate surface area is 217 Å². The number of aliphatic hydroxyl groups excluding tert-OH is 1. The molecule has 4 rings (SSSR count). The number of anilines is 1. The quantitative estimate of drug-likeness (QED) is 0.279. The highest BCUT2D eigenvalue weighted by atomic mass is 16.5. The molecule has 37 heavy (non-hydrogen) atoms. The summed E-state index contributed by atoms with van der Waals surface area (Å²) >= 11 is 0. The second-order valence-corrected chi connectivity index (χ2v) is 9.36. The number of Topliss-reactive ketones (excluding diaryl/α,β-unsaturated/α-hetero) is 1. The molecule has 1 aliphatic heterocycles. The molecular formula is C30H32N2O5. The molecule has 0 spiro atoms. The first-order valence-electron chi connectivity index (χ1n) is 12.0. The highest BCUT2D eigenvalue weighted by Crippen LogP contribution is 2.42. The molecule has 3 aromatic carbocycles. The number of aryl methyl sites for hydroxylation is 2. The third-order valence-electron chi connectivity index (χ3n) is 6.80. The minimum Gasteiger partial charge on any atom is -0.507 e. The second-order valence-electron chi connectivity index (χ2n) is 9.36. The number of methoxy groups -OCH3 is 2. The lowest BCUT2D eigenvalue weighted by atomic mass is 9.93. The molecule has 0 saturated carbocycles. The SMILES string of the molecule is COc1cc(C)c(/C(O)=C2\C(=O)C(=O)N(Cc3ccccc3OC)C2c2ccc(N(C)C)cc2)cc1C. The Hall–Kier alpha value is -4.26. The van der Waals surface area contributed by atoms with Gasteiger partial charge in [0, 0.05) is 30.9 Å². The third-order valence-corrected chi connectivity index (χ3v) is 6.80. The maximum absolute atomic E-state index is 13.5. The molecule has 0 aromatic heterocycles. The highest BCUT2D eigenvalue weighted by Gasteiger charge is 2.46. The van der Waals surface area contributed by atoms with Crippen LogP contribution in [0.1, 0.15) is 33.9 Å². The molecule has 0 aliphatic carbocycles. The van der Waals surface area contributed by atoms with Crippen LogP contribution in [0.5, 0.6) is 11.5 Å². The van der Waals surface area contributed by atoms with Gasteiger partial charge in [0.25, 0.3) is 11.7 Å². The summed E-state index contributed by atoms with van der Waals surface area (Å²) in [6.07, 6.45) is 0. The van der Waals surface area contributed by atoms with E-state index in [0.717, 1.165) is 27.9 Å². The molecule has 1 fully saturated rings. The van der Waals surface area contributed by atoms with E-state index >= 15 is 0 Å². The van der Waals surface area contributed by atoms with Gasteiger partial charge in [0.05, 0.1) is 32.4 Å². The number of nitrogens with zero attached hydrogens (tertiary/aromatic N) is 2. The zero-order valence-electron chi connectivity index (χ0n) is 22.0. The van der Waals surface area contributed by atoms with E-state index in [1.165, 1.54) is 4.90 Å². The van der Waals surface area contributed by atoms with Gasteiger partial charge < -0.3 is 24.4 Å². The lowest BCUT2D eigenvalue weighted by Gasteiger charge is -2.26. The predicted molar refractivity (Wildman–Crippen MR) is 144 cm³/mol. The first kappa shape index (κ1) is 25.8. The van der Waals surface area contributed by atoms with Crippen molar-refractivity contribution in [1.29, 1.82) is 0 Å². The summed E-state index contributed by atoms with van der Waals surface area (Å²) < 4.78 is 10.9. The first-order valence-corrected chi connectivity index (χ1v) is 12.0. The number of rotatable bonds is 7. The molecule has 1 saturated heterocycles. The molecular weight excluding hydrogens is 468 g/mol. The molecule has 192 valence electrons. The van der Waals surface area contributed by atoms with Crippen molar-refractivity contribution in [3.63, 3.8) is 0 Å². The summed E-state index contributed by atoms with van der Waals surface area (Å²) in [4.78, 5) is 30.4. The van der Waals surface area contributed by atoms with Crippen LogP contribution in [0.2, 0.25) is 0 Å². The summed E-state index contributed by atoms with van der Waals surface area (Å²) in [7, 11) is 7.04. The van der Waals surface area contributed by atoms with Gasteiger partial charge in [-0.15, -0.1) is 0 Å². The predicted octanol–water partition coefficient (Wildman–Crippen LogP) is 5.01. The minimum atomic E-state index is -0.775. The maximum atomic E-state index is 13.5. The standard InChI is InChI=1S/C30H32N2O5/c1-18-16-25(37-6)19(2)15-23(18)28(33)26-27(20-11-13-22(14-12-20)31(3)4)32(30(35)29(26)34)17-21-9-7-8-10-24(21)36-5/h7-16,27,33H,17H2,1-6H3/b28-26+.